The Morgan fingerprint density at radius 1 is 1.25 bits per heavy atom. The highest BCUT2D eigenvalue weighted by Gasteiger charge is 2.25. The second-order valence-corrected chi connectivity index (χ2v) is 6.09. The Balaban J connectivity index is 1.90. The number of benzene rings is 1. The number of aromatic amines is 1. The molecule has 2 aromatic rings. The Labute approximate surface area is 119 Å². The van der Waals surface area contributed by atoms with Crippen molar-refractivity contribution in [3.05, 3.63) is 51.9 Å². The first-order valence-corrected chi connectivity index (χ1v) is 7.32. The third-order valence-corrected chi connectivity index (χ3v) is 3.63. The van der Waals surface area contributed by atoms with E-state index in [1.165, 1.54) is 5.56 Å². The van der Waals surface area contributed by atoms with Crippen molar-refractivity contribution in [2.75, 3.05) is 0 Å². The molecule has 1 fully saturated rings. The monoisotopic (exact) mass is 268 g/mol. The lowest BCUT2D eigenvalue weighted by Gasteiger charge is -2.07. The van der Waals surface area contributed by atoms with Crippen molar-refractivity contribution in [2.45, 2.75) is 39.0 Å². The van der Waals surface area contributed by atoms with E-state index in [4.69, 9.17) is 0 Å². The minimum absolute atomic E-state index is 0.0526. The molecule has 0 atom stereocenters. The molecule has 0 amide bonds. The van der Waals surface area contributed by atoms with Crippen molar-refractivity contribution in [1.29, 1.82) is 0 Å². The van der Waals surface area contributed by atoms with Gasteiger partial charge in [-0.05, 0) is 30.7 Å². The maximum absolute atomic E-state index is 11.7. The van der Waals surface area contributed by atoms with Gasteiger partial charge in [-0.25, -0.2) is 4.98 Å². The van der Waals surface area contributed by atoms with Crippen LogP contribution in [-0.2, 0) is 6.42 Å². The fourth-order valence-electron chi connectivity index (χ4n) is 2.47. The summed E-state index contributed by atoms with van der Waals surface area (Å²) in [6, 6.07) is 9.98. The average Bonchev–Trinajstić information content (AvgIpc) is 3.22. The molecule has 1 aliphatic carbocycles. The summed E-state index contributed by atoms with van der Waals surface area (Å²) in [6.07, 6.45) is 3.39. The zero-order valence-electron chi connectivity index (χ0n) is 12.0. The molecular weight excluding hydrogens is 248 g/mol. The van der Waals surface area contributed by atoms with Crippen LogP contribution < -0.4 is 5.56 Å². The number of rotatable bonds is 4. The molecule has 3 heteroatoms. The van der Waals surface area contributed by atoms with Gasteiger partial charge < -0.3 is 4.98 Å². The van der Waals surface area contributed by atoms with Crippen LogP contribution >= 0.6 is 0 Å². The van der Waals surface area contributed by atoms with Crippen LogP contribution in [0.4, 0.5) is 0 Å². The fraction of sp³-hybridized carbons (Fsp3) is 0.412. The molecule has 1 aromatic carbocycles. The van der Waals surface area contributed by atoms with Crippen LogP contribution in [-0.4, -0.2) is 9.97 Å². The highest BCUT2D eigenvalue weighted by atomic mass is 16.1. The van der Waals surface area contributed by atoms with Gasteiger partial charge in [0.1, 0.15) is 5.82 Å². The summed E-state index contributed by atoms with van der Waals surface area (Å²) in [5, 5.41) is 0. The topological polar surface area (TPSA) is 45.8 Å². The molecular formula is C17H20N2O. The van der Waals surface area contributed by atoms with Crippen LogP contribution in [0.3, 0.4) is 0 Å². The third kappa shape index (κ3) is 2.98. The second-order valence-electron chi connectivity index (χ2n) is 6.09. The Bertz CT molecular complexity index is 651. The van der Waals surface area contributed by atoms with E-state index in [0.29, 0.717) is 17.7 Å². The van der Waals surface area contributed by atoms with Gasteiger partial charge in [0.25, 0.3) is 5.56 Å². The number of nitrogens with zero attached hydrogens (tertiary/aromatic N) is 1. The predicted octanol–water partition coefficient (Wildman–Crippen LogP) is 3.51. The Kier molecular flexibility index (Phi) is 3.43. The number of hydrogen-bond acceptors (Lipinski definition) is 2. The van der Waals surface area contributed by atoms with E-state index in [2.05, 4.69) is 35.9 Å². The van der Waals surface area contributed by atoms with Crippen LogP contribution in [0.5, 0.6) is 0 Å². The molecule has 3 nitrogen and oxygen atoms in total. The molecule has 3 rings (SSSR count). The molecule has 104 valence electrons. The maximum atomic E-state index is 11.7. The maximum Gasteiger partial charge on any atom is 0.251 e. The number of nitrogens with one attached hydrogen (secondary N) is 1. The molecule has 0 bridgehead atoms. The van der Waals surface area contributed by atoms with Crippen molar-refractivity contribution < 1.29 is 0 Å². The minimum Gasteiger partial charge on any atom is -0.307 e. The molecule has 1 N–H and O–H groups in total. The molecule has 0 spiro atoms. The standard InChI is InChI=1S/C17H20N2O/c1-11(2)9-12-3-5-14(6-4-12)17-18-15(13-7-8-13)10-16(20)19-17/h3-6,10-11,13H,7-9H2,1-2H3,(H,18,19,20). The first kappa shape index (κ1) is 13.1. The van der Waals surface area contributed by atoms with Gasteiger partial charge in [-0.3, -0.25) is 4.79 Å². The van der Waals surface area contributed by atoms with Crippen molar-refractivity contribution in [1.82, 2.24) is 9.97 Å². The van der Waals surface area contributed by atoms with Crippen LogP contribution in [0.25, 0.3) is 11.4 Å². The summed E-state index contributed by atoms with van der Waals surface area (Å²) in [7, 11) is 0. The molecule has 0 radical (unpaired) electrons. The summed E-state index contributed by atoms with van der Waals surface area (Å²) in [4.78, 5) is 19.2. The number of H-pyrrole nitrogens is 1. The van der Waals surface area contributed by atoms with Crippen molar-refractivity contribution >= 4 is 0 Å². The second kappa shape index (κ2) is 5.23. The summed E-state index contributed by atoms with van der Waals surface area (Å²) < 4.78 is 0. The number of hydrogen-bond donors (Lipinski definition) is 1. The Morgan fingerprint density at radius 3 is 2.55 bits per heavy atom. The quantitative estimate of drug-likeness (QED) is 0.922. The smallest absolute Gasteiger partial charge is 0.251 e. The van der Waals surface area contributed by atoms with Gasteiger partial charge in [0.15, 0.2) is 0 Å². The molecule has 0 unspecified atom stereocenters. The van der Waals surface area contributed by atoms with Crippen molar-refractivity contribution in [3.8, 4) is 11.4 Å². The average molecular weight is 268 g/mol. The molecule has 0 aliphatic heterocycles. The van der Waals surface area contributed by atoms with E-state index in [1.54, 1.807) is 6.07 Å². The zero-order chi connectivity index (χ0) is 14.1. The normalized spacial score (nSPS) is 14.8. The summed E-state index contributed by atoms with van der Waals surface area (Å²) in [6.45, 7) is 4.43. The lowest BCUT2D eigenvalue weighted by molar-refractivity contribution is 0.647. The van der Waals surface area contributed by atoms with Gasteiger partial charge >= 0.3 is 0 Å². The SMILES string of the molecule is CC(C)Cc1ccc(-c2nc(C3CC3)cc(=O)[nH]2)cc1. The van der Waals surface area contributed by atoms with E-state index >= 15 is 0 Å². The van der Waals surface area contributed by atoms with Crippen LogP contribution in [0.1, 0.15) is 43.9 Å². The zero-order valence-corrected chi connectivity index (χ0v) is 12.0. The van der Waals surface area contributed by atoms with Crippen LogP contribution in [0.15, 0.2) is 35.1 Å². The first-order valence-electron chi connectivity index (χ1n) is 7.32. The van der Waals surface area contributed by atoms with E-state index in [0.717, 1.165) is 30.5 Å². The summed E-state index contributed by atoms with van der Waals surface area (Å²) >= 11 is 0. The summed E-state index contributed by atoms with van der Waals surface area (Å²) in [5.41, 5.74) is 3.19. The lowest BCUT2D eigenvalue weighted by Crippen LogP contribution is -2.09. The predicted molar refractivity (Wildman–Crippen MR) is 80.8 cm³/mol. The molecule has 1 saturated carbocycles. The van der Waals surface area contributed by atoms with Gasteiger partial charge in [0.05, 0.1) is 5.69 Å². The Morgan fingerprint density at radius 2 is 1.95 bits per heavy atom. The third-order valence-electron chi connectivity index (χ3n) is 3.63. The van der Waals surface area contributed by atoms with Gasteiger partial charge in [0.2, 0.25) is 0 Å². The minimum atomic E-state index is -0.0526. The van der Waals surface area contributed by atoms with E-state index in [1.807, 2.05) is 12.1 Å². The lowest BCUT2D eigenvalue weighted by atomic mass is 10.0. The van der Waals surface area contributed by atoms with Gasteiger partial charge in [-0.2, -0.15) is 0 Å². The van der Waals surface area contributed by atoms with Gasteiger partial charge in [-0.15, -0.1) is 0 Å². The molecule has 1 heterocycles. The molecule has 1 aliphatic rings. The van der Waals surface area contributed by atoms with E-state index < -0.39 is 0 Å². The van der Waals surface area contributed by atoms with Crippen LogP contribution in [0, 0.1) is 5.92 Å². The summed E-state index contributed by atoms with van der Waals surface area (Å²) in [5.74, 6) is 1.84. The Hall–Kier alpha value is -1.90. The highest BCUT2D eigenvalue weighted by Crippen LogP contribution is 2.38. The first-order chi connectivity index (χ1) is 9.61. The highest BCUT2D eigenvalue weighted by molar-refractivity contribution is 5.55. The largest absolute Gasteiger partial charge is 0.307 e. The van der Waals surface area contributed by atoms with Gasteiger partial charge in [-0.1, -0.05) is 38.1 Å². The fourth-order valence-corrected chi connectivity index (χ4v) is 2.47. The van der Waals surface area contributed by atoms with Crippen molar-refractivity contribution in [3.63, 3.8) is 0 Å². The molecule has 0 saturated heterocycles. The van der Waals surface area contributed by atoms with Crippen molar-refractivity contribution in [2.24, 2.45) is 5.92 Å². The van der Waals surface area contributed by atoms with Crippen LogP contribution in [0.2, 0.25) is 0 Å². The van der Waals surface area contributed by atoms with E-state index in [-0.39, 0.29) is 5.56 Å². The van der Waals surface area contributed by atoms with E-state index in [9.17, 15) is 4.79 Å². The molecule has 1 aromatic heterocycles. The molecule has 20 heavy (non-hydrogen) atoms. The number of aromatic nitrogens is 2. The van der Waals surface area contributed by atoms with Gasteiger partial charge in [0, 0.05) is 17.5 Å².